The van der Waals surface area contributed by atoms with Gasteiger partial charge in [-0.2, -0.15) is 0 Å². The number of benzene rings is 18. The minimum absolute atomic E-state index is 1.15. The molecule has 0 N–H and O–H groups in total. The van der Waals surface area contributed by atoms with E-state index < -0.39 is 0 Å². The van der Waals surface area contributed by atoms with Gasteiger partial charge in [0.25, 0.3) is 0 Å². The Labute approximate surface area is 658 Å². The molecule has 0 aliphatic rings. The second-order valence-electron chi connectivity index (χ2n) is 29.0. The van der Waals surface area contributed by atoms with Crippen LogP contribution in [0, 0.1) is 0 Å². The van der Waals surface area contributed by atoms with Gasteiger partial charge < -0.3 is 9.13 Å². The van der Waals surface area contributed by atoms with E-state index in [1.165, 1.54) is 195 Å². The average molecular weight is 1460 g/mol. The summed E-state index contributed by atoms with van der Waals surface area (Å²) in [5.41, 5.74) is 31.4. The summed E-state index contributed by atoms with van der Waals surface area (Å²) in [6.07, 6.45) is 0. The predicted molar refractivity (Wildman–Crippen MR) is 482 cm³/mol. The molecule has 0 saturated carbocycles. The molecule has 0 aliphatic heterocycles. The largest absolute Gasteiger partial charge is 0.309 e. The Balaban J connectivity index is 0.000000141. The third-order valence-corrected chi connectivity index (χ3v) is 24.8. The average Bonchev–Trinajstić information content (AvgIpc) is 1.59. The van der Waals surface area contributed by atoms with E-state index in [1.807, 2.05) is 22.7 Å². The van der Waals surface area contributed by atoms with Crippen LogP contribution in [0.5, 0.6) is 0 Å². The zero-order valence-electron chi connectivity index (χ0n) is 61.1. The third-order valence-electron chi connectivity index (χ3n) is 22.4. The summed E-state index contributed by atoms with van der Waals surface area (Å²) in [7, 11) is 0. The molecule has 4 aromatic heterocycles. The van der Waals surface area contributed by atoms with E-state index in [9.17, 15) is 0 Å². The molecule has 0 unspecified atom stereocenters. The Morgan fingerprint density at radius 2 is 0.420 bits per heavy atom. The van der Waals surface area contributed by atoms with Crippen molar-refractivity contribution in [2.45, 2.75) is 0 Å². The Morgan fingerprint density at radius 3 is 0.884 bits per heavy atom. The highest BCUT2D eigenvalue weighted by Gasteiger charge is 2.21. The van der Waals surface area contributed by atoms with Crippen LogP contribution in [-0.4, -0.2) is 9.13 Å². The van der Waals surface area contributed by atoms with Crippen molar-refractivity contribution < 1.29 is 0 Å². The lowest BCUT2D eigenvalue weighted by Gasteiger charge is -2.14. The monoisotopic (exact) mass is 1460 g/mol. The molecular weight excluding hydrogens is 1390 g/mol. The normalized spacial score (nSPS) is 11.6. The highest BCUT2D eigenvalue weighted by atomic mass is 32.1. The van der Waals surface area contributed by atoms with Gasteiger partial charge in [-0.1, -0.05) is 322 Å². The molecule has 0 atom stereocenters. The van der Waals surface area contributed by atoms with Gasteiger partial charge in [0, 0.05) is 73.3 Å². The van der Waals surface area contributed by atoms with E-state index in [-0.39, 0.29) is 0 Å². The summed E-state index contributed by atoms with van der Waals surface area (Å²) in [6.45, 7) is 0. The first kappa shape index (κ1) is 66.2. The van der Waals surface area contributed by atoms with Crippen LogP contribution in [0.1, 0.15) is 0 Å². The van der Waals surface area contributed by atoms with Gasteiger partial charge in [-0.3, -0.25) is 0 Å². The minimum Gasteiger partial charge on any atom is -0.309 e. The van der Waals surface area contributed by atoms with E-state index in [0.29, 0.717) is 0 Å². The molecule has 2 nitrogen and oxygen atoms in total. The second-order valence-corrected chi connectivity index (χ2v) is 31.2. The van der Waals surface area contributed by atoms with Crippen molar-refractivity contribution in [2.24, 2.45) is 0 Å². The van der Waals surface area contributed by atoms with Crippen LogP contribution in [0.15, 0.2) is 425 Å². The molecule has 0 fully saturated rings. The van der Waals surface area contributed by atoms with Crippen LogP contribution in [0.4, 0.5) is 0 Å². The number of hydrogen-bond acceptors (Lipinski definition) is 2. The minimum atomic E-state index is 1.15. The molecule has 18 aromatic carbocycles. The molecule has 22 aromatic rings. The number of aromatic nitrogens is 2. The number of hydrogen-bond donors (Lipinski definition) is 0. The van der Waals surface area contributed by atoms with Gasteiger partial charge in [-0.15, -0.1) is 22.7 Å². The van der Waals surface area contributed by atoms with Crippen molar-refractivity contribution in [3.05, 3.63) is 425 Å². The fourth-order valence-corrected chi connectivity index (χ4v) is 19.4. The van der Waals surface area contributed by atoms with Gasteiger partial charge in [-0.05, 0) is 214 Å². The first-order valence-electron chi connectivity index (χ1n) is 38.3. The van der Waals surface area contributed by atoms with E-state index in [1.54, 1.807) is 0 Å². The topological polar surface area (TPSA) is 9.86 Å². The highest BCUT2D eigenvalue weighted by molar-refractivity contribution is 7.26. The summed E-state index contributed by atoms with van der Waals surface area (Å²) in [5.74, 6) is 0. The molecule has 0 amide bonds. The molecule has 112 heavy (non-hydrogen) atoms. The van der Waals surface area contributed by atoms with Gasteiger partial charge in [0.2, 0.25) is 0 Å². The maximum Gasteiger partial charge on any atom is 0.0547 e. The van der Waals surface area contributed by atoms with Crippen molar-refractivity contribution in [3.8, 4) is 123 Å². The number of thiophene rings is 2. The van der Waals surface area contributed by atoms with Crippen LogP contribution in [-0.2, 0) is 0 Å². The zero-order valence-corrected chi connectivity index (χ0v) is 62.8. The van der Waals surface area contributed by atoms with Gasteiger partial charge in [-0.25, -0.2) is 0 Å². The van der Waals surface area contributed by atoms with E-state index >= 15 is 0 Å². The van der Waals surface area contributed by atoms with Crippen molar-refractivity contribution in [1.82, 2.24) is 9.13 Å². The van der Waals surface area contributed by atoms with Crippen molar-refractivity contribution in [1.29, 1.82) is 0 Å². The third kappa shape index (κ3) is 12.1. The smallest absolute Gasteiger partial charge is 0.0547 e. The first-order valence-corrected chi connectivity index (χ1v) is 40.0. The summed E-state index contributed by atoms with van der Waals surface area (Å²) in [4.78, 5) is 0. The summed E-state index contributed by atoms with van der Waals surface area (Å²) >= 11 is 3.77. The molecule has 4 heteroatoms. The first-order chi connectivity index (χ1) is 55.5. The predicted octanol–water partition coefficient (Wildman–Crippen LogP) is 31.0. The lowest BCUT2D eigenvalue weighted by atomic mass is 9.91. The Morgan fingerprint density at radius 1 is 0.143 bits per heavy atom. The van der Waals surface area contributed by atoms with E-state index in [4.69, 9.17) is 0 Å². The van der Waals surface area contributed by atoms with Crippen LogP contribution >= 0.6 is 22.7 Å². The number of para-hydroxylation sites is 2. The molecule has 0 bridgehead atoms. The van der Waals surface area contributed by atoms with Crippen molar-refractivity contribution in [2.75, 3.05) is 0 Å². The highest BCUT2D eigenvalue weighted by Crippen LogP contribution is 2.47. The van der Waals surface area contributed by atoms with Crippen LogP contribution in [0.3, 0.4) is 0 Å². The molecule has 4 heterocycles. The van der Waals surface area contributed by atoms with Gasteiger partial charge in [0.1, 0.15) is 0 Å². The maximum atomic E-state index is 2.44. The molecular formula is C108H70N2S2. The van der Waals surface area contributed by atoms with Crippen molar-refractivity contribution >= 4 is 107 Å². The van der Waals surface area contributed by atoms with E-state index in [2.05, 4.69) is 434 Å². The molecule has 22 rings (SSSR count). The molecule has 0 saturated heterocycles. The Kier molecular flexibility index (Phi) is 16.7. The van der Waals surface area contributed by atoms with Gasteiger partial charge in [0.15, 0.2) is 0 Å². The lowest BCUT2D eigenvalue weighted by molar-refractivity contribution is 1.18. The van der Waals surface area contributed by atoms with Crippen molar-refractivity contribution in [3.63, 3.8) is 0 Å². The SMILES string of the molecule is c1ccc(-c2ccc(-c3cc(-c4ccc5c6ccccc6n(-c6cccc(-c7ccccc7)c6)c5c4)cc(-c4cccc5c4sc4ccccc45)c3)cc2)cc1.c1ccc(-c2ccc(-n3c4ccccc4c4ccc(-c5cc(-c6cccc(-c7ccccc7)c6)cc(-c6cccc7c6sc6ccccc67)c5)cc43)cc2)cc1. The number of nitrogens with zero attached hydrogens (tertiary/aromatic N) is 2. The van der Waals surface area contributed by atoms with Crippen LogP contribution in [0.25, 0.3) is 207 Å². The second kappa shape index (κ2) is 28.2. The molecule has 524 valence electrons. The summed E-state index contributed by atoms with van der Waals surface area (Å²) < 4.78 is 10.1. The van der Waals surface area contributed by atoms with E-state index in [0.717, 1.165) is 11.4 Å². The Bertz CT molecular complexity index is 7330. The Hall–Kier alpha value is -14.0. The van der Waals surface area contributed by atoms with Gasteiger partial charge >= 0.3 is 0 Å². The van der Waals surface area contributed by atoms with Gasteiger partial charge in [0.05, 0.1) is 22.1 Å². The van der Waals surface area contributed by atoms with Crippen LogP contribution in [0.2, 0.25) is 0 Å². The quantitative estimate of drug-likeness (QED) is 0.115. The fraction of sp³-hybridized carbons (Fsp3) is 0. The summed E-state index contributed by atoms with van der Waals surface area (Å²) in [6, 6.07) is 155. The fourth-order valence-electron chi connectivity index (χ4n) is 16.9. The van der Waals surface area contributed by atoms with Crippen LogP contribution < -0.4 is 0 Å². The maximum absolute atomic E-state index is 2.44. The molecule has 0 aliphatic carbocycles. The molecule has 0 spiro atoms. The summed E-state index contributed by atoms with van der Waals surface area (Å²) in [5, 5.41) is 10.3. The number of fused-ring (bicyclic) bond motifs is 12. The number of rotatable bonds is 12. The molecule has 0 radical (unpaired) electrons. The standard InChI is InChI=1S/2C54H35NS/c1-3-13-36(14-4-1)38-25-28-45(29-26-38)55-51-23-9-7-19-47(51)48-30-27-41(35-52(48)55)43-32-42(40-18-11-17-39(31-40)37-15-5-2-6-16-37)33-44(34-43)46-21-12-22-50-49-20-8-10-24-53(49)56-54(46)50;1-3-13-36(14-4-1)38-25-27-39(28-26-38)42-31-43(33-44(32-42)46-21-12-22-50-49-20-8-10-24-53(49)56-54(46)50)41-29-30-48-47-19-7-9-23-51(47)55(52(48)35-41)45-18-11-17-40(34-45)37-15-5-2-6-16-37/h2*1-35H. The zero-order chi connectivity index (χ0) is 74.0. The lowest BCUT2D eigenvalue weighted by Crippen LogP contribution is -1.94.